The molecule has 2 nitrogen and oxygen atoms in total. The Morgan fingerprint density at radius 2 is 1.94 bits per heavy atom. The van der Waals surface area contributed by atoms with Crippen molar-refractivity contribution in [2.45, 2.75) is 53.4 Å². The highest BCUT2D eigenvalue weighted by Crippen LogP contribution is 2.30. The highest BCUT2D eigenvalue weighted by atomic mass is 32.1. The van der Waals surface area contributed by atoms with E-state index in [1.165, 1.54) is 32.4 Å². The third kappa shape index (κ3) is 4.92. The molecule has 0 aliphatic carbocycles. The van der Waals surface area contributed by atoms with Crippen molar-refractivity contribution in [2.24, 2.45) is 16.6 Å². The Balaban J connectivity index is 2.40. The average molecular weight is 256 g/mol. The smallest absolute Gasteiger partial charge is 0.0784 e. The van der Waals surface area contributed by atoms with E-state index in [9.17, 15) is 0 Å². The van der Waals surface area contributed by atoms with E-state index in [4.69, 9.17) is 18.0 Å². The molecule has 1 fully saturated rings. The Kier molecular flexibility index (Phi) is 4.96. The highest BCUT2D eigenvalue weighted by Gasteiger charge is 2.25. The number of nitrogens with two attached hydrogens (primary N) is 1. The maximum absolute atomic E-state index is 5.77. The van der Waals surface area contributed by atoms with Gasteiger partial charge >= 0.3 is 0 Å². The molecule has 1 aliphatic rings. The van der Waals surface area contributed by atoms with Crippen LogP contribution in [0.1, 0.15) is 53.4 Å². The van der Waals surface area contributed by atoms with Crippen molar-refractivity contribution in [3.8, 4) is 0 Å². The normalized spacial score (nSPS) is 22.1. The number of likely N-dealkylation sites (tertiary alicyclic amines) is 1. The minimum atomic E-state index is -0.00282. The van der Waals surface area contributed by atoms with Gasteiger partial charge in [0.15, 0.2) is 0 Å². The van der Waals surface area contributed by atoms with Crippen molar-refractivity contribution in [1.82, 2.24) is 4.90 Å². The first-order valence-corrected chi connectivity index (χ1v) is 7.16. The van der Waals surface area contributed by atoms with Crippen LogP contribution in [0.25, 0.3) is 0 Å². The van der Waals surface area contributed by atoms with Crippen LogP contribution in [-0.2, 0) is 0 Å². The van der Waals surface area contributed by atoms with Crippen LogP contribution in [0.3, 0.4) is 0 Å². The first-order chi connectivity index (χ1) is 7.73. The lowest BCUT2D eigenvalue weighted by Gasteiger charge is -2.28. The molecule has 0 bridgehead atoms. The molecule has 1 saturated heterocycles. The van der Waals surface area contributed by atoms with Crippen molar-refractivity contribution in [3.63, 3.8) is 0 Å². The third-order valence-electron chi connectivity index (χ3n) is 4.15. The standard InChI is InChI=1S/C14H28N2S/c1-13(2)6-5-9-16(10-7-13)11-8-14(3,4)12(15)17/h5-11H2,1-4H3,(H2,15,17). The van der Waals surface area contributed by atoms with Gasteiger partial charge in [-0.25, -0.2) is 0 Å². The van der Waals surface area contributed by atoms with Gasteiger partial charge in [-0.05, 0) is 50.7 Å². The lowest BCUT2D eigenvalue weighted by molar-refractivity contribution is 0.240. The van der Waals surface area contributed by atoms with Crippen LogP contribution in [0, 0.1) is 10.8 Å². The summed E-state index contributed by atoms with van der Waals surface area (Å²) in [5.41, 5.74) is 6.29. The van der Waals surface area contributed by atoms with E-state index in [0.717, 1.165) is 13.0 Å². The molecule has 0 aromatic rings. The lowest BCUT2D eigenvalue weighted by atomic mass is 9.85. The Hall–Kier alpha value is -0.150. The zero-order valence-corrected chi connectivity index (χ0v) is 12.7. The first-order valence-electron chi connectivity index (χ1n) is 6.75. The summed E-state index contributed by atoms with van der Waals surface area (Å²) in [5.74, 6) is 0. The number of rotatable bonds is 4. The van der Waals surface area contributed by atoms with Gasteiger partial charge in [0.05, 0.1) is 4.99 Å². The van der Waals surface area contributed by atoms with Gasteiger partial charge in [-0.3, -0.25) is 0 Å². The van der Waals surface area contributed by atoms with Crippen molar-refractivity contribution in [2.75, 3.05) is 19.6 Å². The summed E-state index contributed by atoms with van der Waals surface area (Å²) in [6.07, 6.45) is 5.05. The minimum Gasteiger partial charge on any atom is -0.393 e. The largest absolute Gasteiger partial charge is 0.393 e. The molecular formula is C14H28N2S. The minimum absolute atomic E-state index is 0.00282. The molecule has 1 aliphatic heterocycles. The van der Waals surface area contributed by atoms with E-state index in [1.807, 2.05) is 0 Å². The van der Waals surface area contributed by atoms with E-state index in [0.29, 0.717) is 10.4 Å². The number of hydrogen-bond donors (Lipinski definition) is 1. The summed E-state index contributed by atoms with van der Waals surface area (Å²) >= 11 is 5.12. The van der Waals surface area contributed by atoms with Gasteiger partial charge in [-0.15, -0.1) is 0 Å². The Morgan fingerprint density at radius 3 is 2.53 bits per heavy atom. The summed E-state index contributed by atoms with van der Waals surface area (Å²) < 4.78 is 0. The summed E-state index contributed by atoms with van der Waals surface area (Å²) in [6.45, 7) is 12.6. The van der Waals surface area contributed by atoms with E-state index in [2.05, 4.69) is 32.6 Å². The predicted molar refractivity (Wildman–Crippen MR) is 79.3 cm³/mol. The molecule has 0 aromatic carbocycles. The van der Waals surface area contributed by atoms with Gasteiger partial charge in [-0.1, -0.05) is 39.9 Å². The third-order valence-corrected chi connectivity index (χ3v) is 4.71. The van der Waals surface area contributed by atoms with Crippen LogP contribution < -0.4 is 5.73 Å². The number of thiocarbonyl (C=S) groups is 1. The number of hydrogen-bond acceptors (Lipinski definition) is 2. The van der Waals surface area contributed by atoms with Gasteiger partial charge in [-0.2, -0.15) is 0 Å². The Bertz CT molecular complexity index is 271. The van der Waals surface area contributed by atoms with E-state index in [-0.39, 0.29) is 5.41 Å². The second kappa shape index (κ2) is 5.66. The van der Waals surface area contributed by atoms with Gasteiger partial charge in [0, 0.05) is 5.41 Å². The van der Waals surface area contributed by atoms with Gasteiger partial charge in [0.25, 0.3) is 0 Å². The maximum atomic E-state index is 5.77. The first kappa shape index (κ1) is 14.9. The summed E-state index contributed by atoms with van der Waals surface area (Å²) in [6, 6.07) is 0. The van der Waals surface area contributed by atoms with Crippen LogP contribution in [0.4, 0.5) is 0 Å². The molecular weight excluding hydrogens is 228 g/mol. The molecule has 2 N–H and O–H groups in total. The quantitative estimate of drug-likeness (QED) is 0.783. The zero-order chi connectivity index (χ0) is 13.1. The Morgan fingerprint density at radius 1 is 1.29 bits per heavy atom. The van der Waals surface area contributed by atoms with E-state index in [1.54, 1.807) is 0 Å². The molecule has 100 valence electrons. The fourth-order valence-electron chi connectivity index (χ4n) is 2.26. The molecule has 0 spiro atoms. The maximum Gasteiger partial charge on any atom is 0.0784 e. The second-order valence-corrected chi connectivity index (χ2v) is 7.30. The van der Waals surface area contributed by atoms with Crippen molar-refractivity contribution in [3.05, 3.63) is 0 Å². The molecule has 3 heteroatoms. The fraction of sp³-hybridized carbons (Fsp3) is 0.929. The molecule has 0 amide bonds. The van der Waals surface area contributed by atoms with Gasteiger partial charge in [0.1, 0.15) is 0 Å². The summed E-state index contributed by atoms with van der Waals surface area (Å²) in [7, 11) is 0. The summed E-state index contributed by atoms with van der Waals surface area (Å²) in [4.78, 5) is 3.22. The van der Waals surface area contributed by atoms with Crippen LogP contribution in [0.5, 0.6) is 0 Å². The van der Waals surface area contributed by atoms with E-state index >= 15 is 0 Å². The lowest BCUT2D eigenvalue weighted by Crippen LogP contribution is -2.35. The molecule has 1 heterocycles. The number of nitrogens with zero attached hydrogens (tertiary/aromatic N) is 1. The summed E-state index contributed by atoms with van der Waals surface area (Å²) in [5, 5.41) is 0. The predicted octanol–water partition coefficient (Wildman–Crippen LogP) is 3.20. The fourth-order valence-corrected chi connectivity index (χ4v) is 2.37. The average Bonchev–Trinajstić information content (AvgIpc) is 2.36. The molecule has 0 radical (unpaired) electrons. The molecule has 0 saturated carbocycles. The topological polar surface area (TPSA) is 29.3 Å². The van der Waals surface area contributed by atoms with Crippen molar-refractivity contribution < 1.29 is 0 Å². The van der Waals surface area contributed by atoms with Gasteiger partial charge in [0.2, 0.25) is 0 Å². The highest BCUT2D eigenvalue weighted by molar-refractivity contribution is 7.80. The zero-order valence-electron chi connectivity index (χ0n) is 11.9. The van der Waals surface area contributed by atoms with Gasteiger partial charge < -0.3 is 10.6 Å². The van der Waals surface area contributed by atoms with Crippen LogP contribution in [0.15, 0.2) is 0 Å². The monoisotopic (exact) mass is 256 g/mol. The van der Waals surface area contributed by atoms with Crippen LogP contribution in [0.2, 0.25) is 0 Å². The Labute approximate surface area is 112 Å². The van der Waals surface area contributed by atoms with Crippen molar-refractivity contribution in [1.29, 1.82) is 0 Å². The van der Waals surface area contributed by atoms with E-state index < -0.39 is 0 Å². The molecule has 0 unspecified atom stereocenters. The van der Waals surface area contributed by atoms with Crippen LogP contribution in [-0.4, -0.2) is 29.5 Å². The van der Waals surface area contributed by atoms with Crippen LogP contribution >= 0.6 is 12.2 Å². The molecule has 0 aromatic heterocycles. The molecule has 1 rings (SSSR count). The SMILES string of the molecule is CC1(C)CCCN(CCC(C)(C)C(N)=S)CC1. The molecule has 17 heavy (non-hydrogen) atoms. The van der Waals surface area contributed by atoms with Crippen molar-refractivity contribution >= 4 is 17.2 Å². The second-order valence-electron chi connectivity index (χ2n) is 6.86. The molecule has 0 atom stereocenters.